The summed E-state index contributed by atoms with van der Waals surface area (Å²) in [4.78, 5) is 0. The fraction of sp³-hybridized carbons (Fsp3) is 0.625. The van der Waals surface area contributed by atoms with Crippen LogP contribution in [0, 0.1) is 5.92 Å². The topological polar surface area (TPSA) is 21.3 Å². The first-order valence-corrected chi connectivity index (χ1v) is 7.26. The first-order chi connectivity index (χ1) is 8.83. The molecule has 1 aliphatic carbocycles. The SMILES string of the molecule is CC1CCNCC1OCc1ccc2c(c1)CCC2. The summed E-state index contributed by atoms with van der Waals surface area (Å²) < 4.78 is 6.08. The van der Waals surface area contributed by atoms with Gasteiger partial charge in [0.1, 0.15) is 0 Å². The Balaban J connectivity index is 1.59. The Morgan fingerprint density at radius 3 is 3.06 bits per heavy atom. The van der Waals surface area contributed by atoms with Gasteiger partial charge in [-0.15, -0.1) is 0 Å². The van der Waals surface area contributed by atoms with Crippen molar-refractivity contribution in [2.45, 2.75) is 45.3 Å². The minimum atomic E-state index is 0.381. The average Bonchev–Trinajstić information content (AvgIpc) is 2.85. The lowest BCUT2D eigenvalue weighted by molar-refractivity contribution is -0.00659. The van der Waals surface area contributed by atoms with Crippen molar-refractivity contribution in [3.8, 4) is 0 Å². The molecule has 1 aliphatic heterocycles. The van der Waals surface area contributed by atoms with Crippen molar-refractivity contribution in [3.05, 3.63) is 34.9 Å². The molecule has 0 amide bonds. The van der Waals surface area contributed by atoms with E-state index in [4.69, 9.17) is 4.74 Å². The van der Waals surface area contributed by atoms with Gasteiger partial charge in [-0.3, -0.25) is 0 Å². The van der Waals surface area contributed by atoms with Crippen LogP contribution in [0.5, 0.6) is 0 Å². The van der Waals surface area contributed by atoms with Crippen molar-refractivity contribution in [2.75, 3.05) is 13.1 Å². The Labute approximate surface area is 110 Å². The maximum Gasteiger partial charge on any atom is 0.0729 e. The van der Waals surface area contributed by atoms with Crippen molar-refractivity contribution in [2.24, 2.45) is 5.92 Å². The van der Waals surface area contributed by atoms with Crippen LogP contribution in [-0.4, -0.2) is 19.2 Å². The van der Waals surface area contributed by atoms with Crippen molar-refractivity contribution in [1.82, 2.24) is 5.32 Å². The van der Waals surface area contributed by atoms with E-state index >= 15 is 0 Å². The summed E-state index contributed by atoms with van der Waals surface area (Å²) in [6.45, 7) is 5.21. The zero-order valence-electron chi connectivity index (χ0n) is 11.2. The maximum absolute atomic E-state index is 6.08. The number of aryl methyl sites for hydroxylation is 2. The Bertz CT molecular complexity index is 416. The molecule has 2 unspecified atom stereocenters. The highest BCUT2D eigenvalue weighted by atomic mass is 16.5. The lowest BCUT2D eigenvalue weighted by atomic mass is 9.97. The van der Waals surface area contributed by atoms with Crippen LogP contribution in [0.1, 0.15) is 36.5 Å². The second-order valence-electron chi connectivity index (χ2n) is 5.78. The first-order valence-electron chi connectivity index (χ1n) is 7.26. The molecule has 1 aromatic carbocycles. The number of ether oxygens (including phenoxy) is 1. The molecule has 3 rings (SSSR count). The third-order valence-corrected chi connectivity index (χ3v) is 4.38. The molecule has 1 aromatic rings. The molecule has 0 radical (unpaired) electrons. The molecule has 18 heavy (non-hydrogen) atoms. The molecule has 2 atom stereocenters. The Kier molecular flexibility index (Phi) is 3.67. The first kappa shape index (κ1) is 12.2. The van der Waals surface area contributed by atoms with E-state index in [1.807, 2.05) is 0 Å². The van der Waals surface area contributed by atoms with Crippen molar-refractivity contribution < 1.29 is 4.74 Å². The molecule has 2 heteroatoms. The second kappa shape index (κ2) is 5.41. The molecule has 98 valence electrons. The monoisotopic (exact) mass is 245 g/mol. The van der Waals surface area contributed by atoms with Crippen LogP contribution in [0.4, 0.5) is 0 Å². The quantitative estimate of drug-likeness (QED) is 0.884. The fourth-order valence-electron chi connectivity index (χ4n) is 3.10. The van der Waals surface area contributed by atoms with E-state index in [9.17, 15) is 0 Å². The van der Waals surface area contributed by atoms with E-state index in [0.717, 1.165) is 19.7 Å². The van der Waals surface area contributed by atoms with E-state index in [1.54, 1.807) is 11.1 Å². The minimum absolute atomic E-state index is 0.381. The zero-order chi connectivity index (χ0) is 12.4. The summed E-state index contributed by atoms with van der Waals surface area (Å²) in [5, 5.41) is 3.42. The van der Waals surface area contributed by atoms with Gasteiger partial charge in [-0.2, -0.15) is 0 Å². The van der Waals surface area contributed by atoms with Gasteiger partial charge in [-0.1, -0.05) is 25.1 Å². The van der Waals surface area contributed by atoms with Crippen molar-refractivity contribution >= 4 is 0 Å². The van der Waals surface area contributed by atoms with E-state index in [0.29, 0.717) is 12.0 Å². The molecule has 1 heterocycles. The van der Waals surface area contributed by atoms with E-state index in [-0.39, 0.29) is 0 Å². The highest BCUT2D eigenvalue weighted by molar-refractivity contribution is 5.35. The van der Waals surface area contributed by atoms with Crippen molar-refractivity contribution in [3.63, 3.8) is 0 Å². The normalized spacial score (nSPS) is 27.2. The lowest BCUT2D eigenvalue weighted by Gasteiger charge is -2.29. The molecule has 0 bridgehead atoms. The fourth-order valence-corrected chi connectivity index (χ4v) is 3.10. The van der Waals surface area contributed by atoms with Crippen LogP contribution in [0.2, 0.25) is 0 Å². The highest BCUT2D eigenvalue weighted by Gasteiger charge is 2.21. The number of hydrogen-bond acceptors (Lipinski definition) is 2. The molecule has 1 fully saturated rings. The second-order valence-corrected chi connectivity index (χ2v) is 5.78. The Morgan fingerprint density at radius 1 is 1.28 bits per heavy atom. The lowest BCUT2D eigenvalue weighted by Crippen LogP contribution is -2.40. The predicted molar refractivity (Wildman–Crippen MR) is 73.7 cm³/mol. The van der Waals surface area contributed by atoms with Gasteiger partial charge < -0.3 is 10.1 Å². The molecule has 1 N–H and O–H groups in total. The van der Waals surface area contributed by atoms with Gasteiger partial charge in [-0.25, -0.2) is 0 Å². The maximum atomic E-state index is 6.08. The summed E-state index contributed by atoms with van der Waals surface area (Å²) in [7, 11) is 0. The molecule has 0 aromatic heterocycles. The van der Waals surface area contributed by atoms with Gasteiger partial charge in [0.15, 0.2) is 0 Å². The van der Waals surface area contributed by atoms with Crippen LogP contribution in [0.15, 0.2) is 18.2 Å². The summed E-state index contributed by atoms with van der Waals surface area (Å²) in [5.74, 6) is 0.681. The number of benzene rings is 1. The number of hydrogen-bond donors (Lipinski definition) is 1. The van der Waals surface area contributed by atoms with E-state index in [1.165, 1.54) is 31.2 Å². The summed E-state index contributed by atoms with van der Waals surface area (Å²) in [5.41, 5.74) is 4.44. The molecule has 2 nitrogen and oxygen atoms in total. The zero-order valence-corrected chi connectivity index (χ0v) is 11.2. The van der Waals surface area contributed by atoms with Gasteiger partial charge >= 0.3 is 0 Å². The predicted octanol–water partition coefficient (Wildman–Crippen LogP) is 2.69. The number of nitrogens with one attached hydrogen (secondary N) is 1. The van der Waals surface area contributed by atoms with Crippen molar-refractivity contribution in [1.29, 1.82) is 0 Å². The Hall–Kier alpha value is -0.860. The minimum Gasteiger partial charge on any atom is -0.372 e. The molecule has 0 saturated carbocycles. The molecule has 2 aliphatic rings. The molecule has 0 spiro atoms. The van der Waals surface area contributed by atoms with E-state index in [2.05, 4.69) is 30.4 Å². The number of fused-ring (bicyclic) bond motifs is 1. The summed E-state index contributed by atoms with van der Waals surface area (Å²) >= 11 is 0. The highest BCUT2D eigenvalue weighted by Crippen LogP contribution is 2.24. The summed E-state index contributed by atoms with van der Waals surface area (Å²) in [6, 6.07) is 6.89. The number of rotatable bonds is 3. The van der Waals surface area contributed by atoms with Crippen LogP contribution >= 0.6 is 0 Å². The molecule has 1 saturated heterocycles. The molecular formula is C16H23NO. The van der Waals surface area contributed by atoms with Gasteiger partial charge in [0.05, 0.1) is 12.7 Å². The van der Waals surface area contributed by atoms with Crippen LogP contribution in [-0.2, 0) is 24.2 Å². The van der Waals surface area contributed by atoms with Crippen LogP contribution in [0.25, 0.3) is 0 Å². The standard InChI is InChI=1S/C16H23NO/c1-12-7-8-17-10-16(12)18-11-13-5-6-14-3-2-4-15(14)9-13/h5-6,9,12,16-17H,2-4,7-8,10-11H2,1H3. The number of piperidine rings is 1. The summed E-state index contributed by atoms with van der Waals surface area (Å²) in [6.07, 6.45) is 5.45. The third kappa shape index (κ3) is 2.60. The largest absolute Gasteiger partial charge is 0.372 e. The van der Waals surface area contributed by atoms with Gasteiger partial charge in [-0.05, 0) is 54.8 Å². The molecular weight excluding hydrogens is 222 g/mol. The van der Waals surface area contributed by atoms with Crippen LogP contribution < -0.4 is 5.32 Å². The van der Waals surface area contributed by atoms with Gasteiger partial charge in [0, 0.05) is 6.54 Å². The van der Waals surface area contributed by atoms with Gasteiger partial charge in [0.25, 0.3) is 0 Å². The Morgan fingerprint density at radius 2 is 2.17 bits per heavy atom. The smallest absolute Gasteiger partial charge is 0.0729 e. The van der Waals surface area contributed by atoms with Crippen LogP contribution in [0.3, 0.4) is 0 Å². The van der Waals surface area contributed by atoms with Gasteiger partial charge in [0.2, 0.25) is 0 Å². The van der Waals surface area contributed by atoms with E-state index < -0.39 is 0 Å². The average molecular weight is 245 g/mol. The third-order valence-electron chi connectivity index (χ3n) is 4.38.